The van der Waals surface area contributed by atoms with E-state index in [1.807, 2.05) is 0 Å². The Bertz CT molecular complexity index is 976. The molecule has 0 N–H and O–H groups in total. The monoisotopic (exact) mass is 437 g/mol. The van der Waals surface area contributed by atoms with Crippen molar-refractivity contribution >= 4 is 21.9 Å². The van der Waals surface area contributed by atoms with E-state index < -0.39 is 23.8 Å². The molecule has 0 aliphatic rings. The van der Waals surface area contributed by atoms with E-state index in [2.05, 4.69) is 30.7 Å². The standard InChI is InChI=1S/C18H14BrF2N3O3/c1-10(18(25)26-2)27-17-15(19)16(11-7-8-14(21)22-9-11)24(23-17)13-6-4-3-5-12(13)20/h3-10H,1-2H3/t10-/m1/s1. The average molecular weight is 438 g/mol. The molecule has 0 fully saturated rings. The van der Waals surface area contributed by atoms with Gasteiger partial charge in [-0.2, -0.15) is 4.39 Å². The number of carbonyl (C=O) groups excluding carboxylic acids is 1. The molecule has 2 aromatic heterocycles. The Morgan fingerprint density at radius 2 is 1.96 bits per heavy atom. The summed E-state index contributed by atoms with van der Waals surface area (Å²) in [6.07, 6.45) is 0.358. The molecular formula is C18H14BrF2N3O3. The first-order valence-corrected chi connectivity index (χ1v) is 8.61. The van der Waals surface area contributed by atoms with Crippen LogP contribution in [0.2, 0.25) is 0 Å². The van der Waals surface area contributed by atoms with Gasteiger partial charge in [0.25, 0.3) is 0 Å². The maximum absolute atomic E-state index is 14.4. The van der Waals surface area contributed by atoms with E-state index >= 15 is 0 Å². The van der Waals surface area contributed by atoms with Crippen LogP contribution < -0.4 is 4.74 Å². The first-order valence-electron chi connectivity index (χ1n) is 7.82. The predicted molar refractivity (Wildman–Crippen MR) is 96.5 cm³/mol. The second kappa shape index (κ2) is 7.83. The van der Waals surface area contributed by atoms with Crippen LogP contribution >= 0.6 is 15.9 Å². The summed E-state index contributed by atoms with van der Waals surface area (Å²) in [4.78, 5) is 15.3. The van der Waals surface area contributed by atoms with Crippen molar-refractivity contribution in [1.29, 1.82) is 0 Å². The third kappa shape index (κ3) is 3.82. The van der Waals surface area contributed by atoms with Gasteiger partial charge >= 0.3 is 5.97 Å². The van der Waals surface area contributed by atoms with Crippen LogP contribution in [0.4, 0.5) is 8.78 Å². The Labute approximate surface area is 161 Å². The van der Waals surface area contributed by atoms with Gasteiger partial charge in [0, 0.05) is 11.8 Å². The van der Waals surface area contributed by atoms with Gasteiger partial charge in [0.2, 0.25) is 11.8 Å². The van der Waals surface area contributed by atoms with Gasteiger partial charge in [0.15, 0.2) is 6.10 Å². The molecule has 27 heavy (non-hydrogen) atoms. The number of aromatic nitrogens is 3. The molecule has 0 aliphatic heterocycles. The zero-order chi connectivity index (χ0) is 19.6. The highest BCUT2D eigenvalue weighted by Gasteiger charge is 2.25. The lowest BCUT2D eigenvalue weighted by Gasteiger charge is -2.10. The minimum absolute atomic E-state index is 0.0514. The van der Waals surface area contributed by atoms with Crippen LogP contribution in [0.1, 0.15) is 6.92 Å². The minimum atomic E-state index is -0.936. The fourth-order valence-corrected chi connectivity index (χ4v) is 2.97. The smallest absolute Gasteiger partial charge is 0.346 e. The van der Waals surface area contributed by atoms with Crippen molar-refractivity contribution in [3.63, 3.8) is 0 Å². The number of benzene rings is 1. The van der Waals surface area contributed by atoms with E-state index in [4.69, 9.17) is 4.74 Å². The number of nitrogens with zero attached hydrogens (tertiary/aromatic N) is 3. The highest BCUT2D eigenvalue weighted by atomic mass is 79.9. The van der Waals surface area contributed by atoms with Crippen molar-refractivity contribution < 1.29 is 23.0 Å². The zero-order valence-electron chi connectivity index (χ0n) is 14.3. The van der Waals surface area contributed by atoms with Crippen LogP contribution in [-0.4, -0.2) is 33.9 Å². The summed E-state index contributed by atoms with van der Waals surface area (Å²) >= 11 is 3.37. The molecule has 0 bridgehead atoms. The van der Waals surface area contributed by atoms with E-state index in [0.717, 1.165) is 0 Å². The van der Waals surface area contributed by atoms with Crippen molar-refractivity contribution in [1.82, 2.24) is 14.8 Å². The molecule has 0 amide bonds. The molecule has 3 aromatic rings. The number of halogens is 3. The Kier molecular flexibility index (Phi) is 5.50. The Morgan fingerprint density at radius 1 is 1.22 bits per heavy atom. The number of hydrogen-bond donors (Lipinski definition) is 0. The van der Waals surface area contributed by atoms with E-state index in [1.54, 1.807) is 12.1 Å². The number of methoxy groups -OCH3 is 1. The van der Waals surface area contributed by atoms with Crippen LogP contribution in [-0.2, 0) is 9.53 Å². The topological polar surface area (TPSA) is 66.2 Å². The molecule has 0 radical (unpaired) electrons. The Morgan fingerprint density at radius 3 is 2.59 bits per heavy atom. The van der Waals surface area contributed by atoms with Crippen molar-refractivity contribution in [2.45, 2.75) is 13.0 Å². The van der Waals surface area contributed by atoms with E-state index in [-0.39, 0.29) is 11.6 Å². The third-order valence-corrected chi connectivity index (χ3v) is 4.42. The summed E-state index contributed by atoms with van der Waals surface area (Å²) in [5, 5.41) is 4.27. The lowest BCUT2D eigenvalue weighted by Crippen LogP contribution is -2.25. The Balaban J connectivity index is 2.16. The molecule has 2 heterocycles. The summed E-state index contributed by atoms with van der Waals surface area (Å²) in [7, 11) is 1.24. The molecule has 1 atom stereocenters. The predicted octanol–water partition coefficient (Wildman–Crippen LogP) is 3.92. The molecular weight excluding hydrogens is 424 g/mol. The Hall–Kier alpha value is -2.81. The molecule has 1 aromatic carbocycles. The number of hydrogen-bond acceptors (Lipinski definition) is 5. The highest BCUT2D eigenvalue weighted by molar-refractivity contribution is 9.10. The van der Waals surface area contributed by atoms with Gasteiger partial charge < -0.3 is 9.47 Å². The van der Waals surface area contributed by atoms with Gasteiger partial charge in [-0.25, -0.2) is 18.9 Å². The molecule has 0 saturated carbocycles. The van der Waals surface area contributed by atoms with Gasteiger partial charge in [-0.05, 0) is 47.1 Å². The summed E-state index contributed by atoms with van der Waals surface area (Å²) in [5.41, 5.74) is 1.01. The molecule has 0 unspecified atom stereocenters. The minimum Gasteiger partial charge on any atom is -0.466 e. The quantitative estimate of drug-likeness (QED) is 0.447. The van der Waals surface area contributed by atoms with Gasteiger partial charge in [-0.1, -0.05) is 12.1 Å². The highest BCUT2D eigenvalue weighted by Crippen LogP contribution is 2.38. The van der Waals surface area contributed by atoms with E-state index in [0.29, 0.717) is 15.7 Å². The number of para-hydroxylation sites is 1. The zero-order valence-corrected chi connectivity index (χ0v) is 15.9. The van der Waals surface area contributed by atoms with E-state index in [9.17, 15) is 13.6 Å². The van der Waals surface area contributed by atoms with Crippen molar-refractivity contribution in [2.24, 2.45) is 0 Å². The summed E-state index contributed by atoms with van der Waals surface area (Å²) < 4.78 is 39.4. The van der Waals surface area contributed by atoms with Crippen LogP contribution in [0.25, 0.3) is 16.9 Å². The number of ether oxygens (including phenoxy) is 2. The van der Waals surface area contributed by atoms with Gasteiger partial charge in [-0.15, -0.1) is 5.10 Å². The fourth-order valence-electron chi connectivity index (χ4n) is 2.40. The molecule has 6 nitrogen and oxygen atoms in total. The van der Waals surface area contributed by atoms with Gasteiger partial charge in [-0.3, -0.25) is 0 Å². The largest absolute Gasteiger partial charge is 0.466 e. The number of rotatable bonds is 5. The fraction of sp³-hybridized carbons (Fsp3) is 0.167. The summed E-state index contributed by atoms with van der Waals surface area (Å²) in [6.45, 7) is 1.50. The summed E-state index contributed by atoms with van der Waals surface area (Å²) in [5.74, 6) is -1.71. The first kappa shape index (κ1) is 19.0. The molecule has 0 aliphatic carbocycles. The van der Waals surface area contributed by atoms with E-state index in [1.165, 1.54) is 49.2 Å². The third-order valence-electron chi connectivity index (χ3n) is 3.70. The molecule has 0 saturated heterocycles. The first-order chi connectivity index (χ1) is 12.9. The number of esters is 1. The molecule has 3 rings (SSSR count). The molecule has 0 spiro atoms. The van der Waals surface area contributed by atoms with Crippen LogP contribution in [0, 0.1) is 11.8 Å². The second-order valence-corrected chi connectivity index (χ2v) is 6.28. The lowest BCUT2D eigenvalue weighted by atomic mass is 10.2. The van der Waals surface area contributed by atoms with Crippen molar-refractivity contribution in [3.8, 4) is 22.8 Å². The molecule has 9 heteroatoms. The van der Waals surface area contributed by atoms with Crippen molar-refractivity contribution in [3.05, 3.63) is 58.8 Å². The maximum Gasteiger partial charge on any atom is 0.346 e. The van der Waals surface area contributed by atoms with Crippen LogP contribution in [0.5, 0.6) is 5.88 Å². The second-order valence-electron chi connectivity index (χ2n) is 5.48. The lowest BCUT2D eigenvalue weighted by molar-refractivity contribution is -0.148. The summed E-state index contributed by atoms with van der Waals surface area (Å²) in [6, 6.07) is 8.68. The SMILES string of the molecule is COC(=O)[C@@H](C)Oc1nn(-c2ccccc2F)c(-c2ccc(F)nc2)c1Br. The van der Waals surface area contributed by atoms with Crippen molar-refractivity contribution in [2.75, 3.05) is 7.11 Å². The number of carbonyl (C=O) groups is 1. The average Bonchev–Trinajstić information content (AvgIpc) is 2.98. The normalized spacial score (nSPS) is 11.9. The number of pyridine rings is 1. The van der Waals surface area contributed by atoms with Gasteiger partial charge in [0.05, 0.1) is 12.8 Å². The van der Waals surface area contributed by atoms with Crippen LogP contribution in [0.3, 0.4) is 0 Å². The van der Waals surface area contributed by atoms with Gasteiger partial charge in [0.1, 0.15) is 16.0 Å². The maximum atomic E-state index is 14.4. The molecule has 140 valence electrons. The van der Waals surface area contributed by atoms with Crippen LogP contribution in [0.15, 0.2) is 47.1 Å².